The summed E-state index contributed by atoms with van der Waals surface area (Å²) in [6.07, 6.45) is 9.36. The van der Waals surface area contributed by atoms with Crippen LogP contribution < -0.4 is 10.0 Å². The van der Waals surface area contributed by atoms with Crippen LogP contribution in [-0.2, 0) is 16.8 Å². The van der Waals surface area contributed by atoms with Crippen molar-refractivity contribution in [2.75, 3.05) is 13.1 Å². The lowest BCUT2D eigenvalue weighted by atomic mass is 9.91. The van der Waals surface area contributed by atoms with Crippen molar-refractivity contribution in [3.63, 3.8) is 0 Å². The fraction of sp³-hybridized carbons (Fsp3) is 0.579. The number of rotatable bonds is 5. The molecule has 1 aromatic rings. The van der Waals surface area contributed by atoms with E-state index in [1.165, 1.54) is 0 Å². The second-order valence-corrected chi connectivity index (χ2v) is 9.80. The topological polar surface area (TPSA) is 91.6 Å². The van der Waals surface area contributed by atoms with Gasteiger partial charge >= 0.3 is 0 Å². The number of imidazole rings is 1. The van der Waals surface area contributed by atoms with E-state index in [0.29, 0.717) is 31.0 Å². The van der Waals surface area contributed by atoms with E-state index in [1.54, 1.807) is 12.4 Å². The van der Waals surface area contributed by atoms with Gasteiger partial charge in [-0.05, 0) is 24.8 Å². The Morgan fingerprint density at radius 3 is 2.83 bits per heavy atom. The fourth-order valence-corrected chi connectivity index (χ4v) is 5.93. The molecule has 0 aromatic carbocycles. The zero-order valence-electron chi connectivity index (χ0n) is 16.8. The molecule has 3 heterocycles. The van der Waals surface area contributed by atoms with Gasteiger partial charge in [0.1, 0.15) is 5.82 Å². The molecule has 1 aliphatic carbocycles. The molecule has 164 valence electrons. The lowest BCUT2D eigenvalue weighted by Crippen LogP contribution is -2.61. The van der Waals surface area contributed by atoms with Crippen molar-refractivity contribution in [1.82, 2.24) is 23.9 Å². The van der Waals surface area contributed by atoms with Crippen molar-refractivity contribution in [3.05, 3.63) is 42.4 Å². The number of nitrogens with one attached hydrogen (secondary N) is 2. The van der Waals surface area contributed by atoms with E-state index in [0.717, 1.165) is 16.4 Å². The van der Waals surface area contributed by atoms with Gasteiger partial charge in [-0.1, -0.05) is 19.9 Å². The van der Waals surface area contributed by atoms with E-state index in [1.807, 2.05) is 12.3 Å². The zero-order valence-corrected chi connectivity index (χ0v) is 17.6. The molecule has 2 aliphatic heterocycles. The molecule has 0 radical (unpaired) electrons. The van der Waals surface area contributed by atoms with Gasteiger partial charge < -0.3 is 9.88 Å². The summed E-state index contributed by atoms with van der Waals surface area (Å²) in [6.45, 7) is 4.98. The number of hydrogen-bond acceptors (Lipinski definition) is 5. The smallest absolute Gasteiger partial charge is 0.280 e. The van der Waals surface area contributed by atoms with E-state index in [9.17, 15) is 17.2 Å². The van der Waals surface area contributed by atoms with Crippen LogP contribution in [0.25, 0.3) is 0 Å². The number of allylic oxidation sites excluding steroid dienone is 1. The van der Waals surface area contributed by atoms with Crippen LogP contribution in [0.2, 0.25) is 0 Å². The highest BCUT2D eigenvalue weighted by atomic mass is 32.2. The summed E-state index contributed by atoms with van der Waals surface area (Å²) in [4.78, 5) is 8.75. The molecule has 1 saturated carbocycles. The number of fused-ring (bicyclic) bond motifs is 1. The quantitative estimate of drug-likeness (QED) is 0.732. The second-order valence-electron chi connectivity index (χ2n) is 8.09. The minimum atomic E-state index is -3.91. The van der Waals surface area contributed by atoms with Crippen molar-refractivity contribution < 1.29 is 17.2 Å². The SMILES string of the molecule is C=C1/N=C\c2ncc([C@H]3C[C@@H](NS(=O)(=O)N4CC(F)(F)C4)C[C@H]3CC)n2C/C=C\N1. The minimum absolute atomic E-state index is 0.112. The lowest BCUT2D eigenvalue weighted by molar-refractivity contribution is -0.0950. The van der Waals surface area contributed by atoms with Crippen molar-refractivity contribution >= 4 is 16.4 Å². The first-order chi connectivity index (χ1) is 14.2. The fourth-order valence-electron chi connectivity index (χ4n) is 4.45. The van der Waals surface area contributed by atoms with Crippen LogP contribution in [-0.4, -0.2) is 53.5 Å². The third kappa shape index (κ3) is 4.19. The van der Waals surface area contributed by atoms with Crippen LogP contribution in [0.3, 0.4) is 0 Å². The predicted octanol–water partition coefficient (Wildman–Crippen LogP) is 1.95. The third-order valence-corrected chi connectivity index (χ3v) is 7.55. The highest BCUT2D eigenvalue weighted by molar-refractivity contribution is 7.87. The van der Waals surface area contributed by atoms with Gasteiger partial charge in [-0.2, -0.15) is 17.4 Å². The van der Waals surface area contributed by atoms with Crippen molar-refractivity contribution in [1.29, 1.82) is 0 Å². The Morgan fingerprint density at radius 2 is 2.13 bits per heavy atom. The summed E-state index contributed by atoms with van der Waals surface area (Å²) in [6, 6.07) is -0.299. The van der Waals surface area contributed by atoms with Gasteiger partial charge in [0.2, 0.25) is 0 Å². The van der Waals surface area contributed by atoms with Crippen molar-refractivity contribution in [3.8, 4) is 0 Å². The van der Waals surface area contributed by atoms with Crippen LogP contribution >= 0.6 is 0 Å². The van der Waals surface area contributed by atoms with E-state index < -0.39 is 29.2 Å². The Labute approximate surface area is 174 Å². The molecule has 0 bridgehead atoms. The Balaban J connectivity index is 1.52. The summed E-state index contributed by atoms with van der Waals surface area (Å²) < 4.78 is 56.6. The summed E-state index contributed by atoms with van der Waals surface area (Å²) >= 11 is 0. The van der Waals surface area contributed by atoms with Crippen LogP contribution in [0.1, 0.15) is 43.6 Å². The van der Waals surface area contributed by atoms with E-state index >= 15 is 0 Å². The van der Waals surface area contributed by atoms with Crippen LogP contribution in [0.4, 0.5) is 8.78 Å². The number of aliphatic imine (C=N–C) groups is 1. The van der Waals surface area contributed by atoms with Crippen LogP contribution in [0.5, 0.6) is 0 Å². The summed E-state index contributed by atoms with van der Waals surface area (Å²) in [5, 5.41) is 2.97. The number of halogens is 2. The molecule has 11 heteroatoms. The number of nitrogens with zero attached hydrogens (tertiary/aromatic N) is 4. The molecule has 0 unspecified atom stereocenters. The van der Waals surface area contributed by atoms with Crippen LogP contribution in [0.15, 0.2) is 35.9 Å². The van der Waals surface area contributed by atoms with Gasteiger partial charge in [0.25, 0.3) is 16.1 Å². The van der Waals surface area contributed by atoms with Gasteiger partial charge in [-0.25, -0.2) is 18.8 Å². The van der Waals surface area contributed by atoms with Gasteiger partial charge in [-0.3, -0.25) is 0 Å². The summed E-state index contributed by atoms with van der Waals surface area (Å²) in [7, 11) is -3.91. The average Bonchev–Trinajstić information content (AvgIpc) is 3.25. The first-order valence-electron chi connectivity index (χ1n) is 10.0. The molecule has 3 aliphatic rings. The molecule has 1 saturated heterocycles. The largest absolute Gasteiger partial charge is 0.347 e. The molecule has 8 nitrogen and oxygen atoms in total. The maximum absolute atomic E-state index is 13.1. The third-order valence-electron chi connectivity index (χ3n) is 5.98. The monoisotopic (exact) mass is 440 g/mol. The van der Waals surface area contributed by atoms with Gasteiger partial charge in [0.15, 0.2) is 5.82 Å². The molecule has 1 aromatic heterocycles. The molecular formula is C19H26F2N6O2S. The Hall–Kier alpha value is -2.11. The molecule has 2 fully saturated rings. The molecule has 0 amide bonds. The molecule has 4 rings (SSSR count). The maximum Gasteiger partial charge on any atom is 0.280 e. The number of alkyl halides is 2. The second kappa shape index (κ2) is 7.86. The van der Waals surface area contributed by atoms with Crippen molar-refractivity contribution in [2.45, 2.75) is 50.6 Å². The molecule has 30 heavy (non-hydrogen) atoms. The minimum Gasteiger partial charge on any atom is -0.347 e. The van der Waals surface area contributed by atoms with Gasteiger partial charge in [-0.15, -0.1) is 0 Å². The normalized spacial score (nSPS) is 31.0. The first-order valence-corrected chi connectivity index (χ1v) is 11.5. The molecule has 0 spiro atoms. The number of aromatic nitrogens is 2. The van der Waals surface area contributed by atoms with E-state index in [4.69, 9.17) is 0 Å². The van der Waals surface area contributed by atoms with Gasteiger partial charge in [0, 0.05) is 36.6 Å². The lowest BCUT2D eigenvalue weighted by Gasteiger charge is -2.37. The highest BCUT2D eigenvalue weighted by Gasteiger charge is 2.50. The zero-order chi connectivity index (χ0) is 21.5. The molecule has 2 N–H and O–H groups in total. The van der Waals surface area contributed by atoms with E-state index in [-0.39, 0.29) is 17.9 Å². The molecule has 3 atom stereocenters. The van der Waals surface area contributed by atoms with Crippen LogP contribution in [0, 0.1) is 5.92 Å². The summed E-state index contributed by atoms with van der Waals surface area (Å²) in [5.41, 5.74) is 1.03. The Bertz CT molecular complexity index is 979. The number of hydrogen-bond donors (Lipinski definition) is 2. The predicted molar refractivity (Wildman–Crippen MR) is 109 cm³/mol. The van der Waals surface area contributed by atoms with Gasteiger partial charge in [0.05, 0.1) is 19.3 Å². The van der Waals surface area contributed by atoms with E-state index in [2.05, 4.69) is 38.1 Å². The molecular weight excluding hydrogens is 414 g/mol. The summed E-state index contributed by atoms with van der Waals surface area (Å²) in [5.74, 6) is -1.33. The Morgan fingerprint density at radius 1 is 1.37 bits per heavy atom. The van der Waals surface area contributed by atoms with Crippen molar-refractivity contribution in [2.24, 2.45) is 10.9 Å². The maximum atomic E-state index is 13.1. The highest BCUT2D eigenvalue weighted by Crippen LogP contribution is 2.42. The first kappa shape index (κ1) is 21.1. The average molecular weight is 441 g/mol. The standard InChI is InChI=1S/C19H26F2N6O2S/c1-3-14-7-15(25-30(28,29)26-11-19(20,21)12-26)8-16(14)17-9-24-18-10-23-13(2)22-5-4-6-27(17)18/h4-5,9-10,14-16,22,25H,2-3,6-8,11-12H2,1H3/b5-4-,23-10-/t14-,15+,16+/m1/s1. The Kier molecular flexibility index (Phi) is 5.54.